The number of nitrogens with one attached hydrogen (secondary N) is 2. The molecule has 19 heavy (non-hydrogen) atoms. The van der Waals surface area contributed by atoms with E-state index in [1.54, 1.807) is 13.3 Å². The first kappa shape index (κ1) is 13.5. The Bertz CT molecular complexity index is 485. The Kier molecular flexibility index (Phi) is 3.84. The van der Waals surface area contributed by atoms with Crippen LogP contribution in [-0.4, -0.2) is 51.0 Å². The van der Waals surface area contributed by atoms with Gasteiger partial charge < -0.3 is 15.0 Å². The molecule has 0 saturated carbocycles. The molecule has 0 radical (unpaired) electrons. The zero-order valence-electron chi connectivity index (χ0n) is 11.0. The van der Waals surface area contributed by atoms with Gasteiger partial charge in [0, 0.05) is 20.0 Å². The molecule has 1 aromatic heterocycles. The molecule has 0 spiro atoms. The van der Waals surface area contributed by atoms with Crippen LogP contribution in [0.2, 0.25) is 0 Å². The van der Waals surface area contributed by atoms with Gasteiger partial charge in [-0.15, -0.1) is 0 Å². The second kappa shape index (κ2) is 5.40. The van der Waals surface area contributed by atoms with Crippen LogP contribution in [0.15, 0.2) is 6.33 Å². The molecule has 0 aromatic carbocycles. The van der Waals surface area contributed by atoms with Crippen LogP contribution in [0.1, 0.15) is 24.7 Å². The van der Waals surface area contributed by atoms with Gasteiger partial charge >= 0.3 is 5.97 Å². The fourth-order valence-electron chi connectivity index (χ4n) is 2.36. The van der Waals surface area contributed by atoms with Gasteiger partial charge in [-0.05, 0) is 6.42 Å². The van der Waals surface area contributed by atoms with Gasteiger partial charge in [0.15, 0.2) is 0 Å². The zero-order valence-corrected chi connectivity index (χ0v) is 11.0. The zero-order chi connectivity index (χ0) is 14.0. The summed E-state index contributed by atoms with van der Waals surface area (Å²) in [5.74, 6) is -1.18. The van der Waals surface area contributed by atoms with Crippen molar-refractivity contribution in [3.63, 3.8) is 0 Å². The normalized spacial score (nSPS) is 19.6. The third kappa shape index (κ3) is 2.60. The number of carbonyl (C=O) groups is 2. The monoisotopic (exact) mass is 266 g/mol. The first-order chi connectivity index (χ1) is 9.04. The Morgan fingerprint density at radius 2 is 2.37 bits per heavy atom. The second-order valence-corrected chi connectivity index (χ2v) is 4.68. The van der Waals surface area contributed by atoms with Crippen LogP contribution in [-0.2, 0) is 22.6 Å². The average Bonchev–Trinajstić information content (AvgIpc) is 2.85. The van der Waals surface area contributed by atoms with E-state index < -0.39 is 18.1 Å². The highest BCUT2D eigenvalue weighted by Gasteiger charge is 2.32. The molecule has 0 saturated heterocycles. The van der Waals surface area contributed by atoms with Crippen molar-refractivity contribution in [2.24, 2.45) is 0 Å². The predicted octanol–water partition coefficient (Wildman–Crippen LogP) is -0.254. The largest absolute Gasteiger partial charge is 0.480 e. The lowest BCUT2D eigenvalue weighted by atomic mass is 10.0. The Balaban J connectivity index is 2.07. The molecule has 0 fully saturated rings. The van der Waals surface area contributed by atoms with Crippen LogP contribution in [0.5, 0.6) is 0 Å². The highest BCUT2D eigenvalue weighted by molar-refractivity contribution is 5.87. The molecule has 3 N–H and O–H groups in total. The maximum absolute atomic E-state index is 12.3. The van der Waals surface area contributed by atoms with Gasteiger partial charge in [0.05, 0.1) is 23.8 Å². The number of amides is 1. The van der Waals surface area contributed by atoms with Crippen molar-refractivity contribution in [1.29, 1.82) is 0 Å². The lowest BCUT2D eigenvalue weighted by Crippen LogP contribution is -2.52. The third-order valence-electron chi connectivity index (χ3n) is 3.52. The number of aliphatic carboxylic acids is 1. The molecule has 0 bridgehead atoms. The summed E-state index contributed by atoms with van der Waals surface area (Å²) in [6.45, 7) is 2.30. The molecular weight excluding hydrogens is 248 g/mol. The van der Waals surface area contributed by atoms with Gasteiger partial charge in [0.25, 0.3) is 0 Å². The van der Waals surface area contributed by atoms with E-state index in [1.165, 1.54) is 11.9 Å². The summed E-state index contributed by atoms with van der Waals surface area (Å²) < 4.78 is 0. The van der Waals surface area contributed by atoms with Crippen molar-refractivity contribution in [3.8, 4) is 0 Å². The maximum Gasteiger partial charge on any atom is 0.326 e. The molecule has 2 heterocycles. The summed E-state index contributed by atoms with van der Waals surface area (Å²) in [4.78, 5) is 31.9. The lowest BCUT2D eigenvalue weighted by Gasteiger charge is -2.30. The third-order valence-corrected chi connectivity index (χ3v) is 3.52. The summed E-state index contributed by atoms with van der Waals surface area (Å²) in [7, 11) is 1.53. The van der Waals surface area contributed by atoms with Crippen molar-refractivity contribution < 1.29 is 14.7 Å². The fourth-order valence-corrected chi connectivity index (χ4v) is 2.36. The van der Waals surface area contributed by atoms with Crippen LogP contribution in [0.3, 0.4) is 0 Å². The number of hydrogen-bond acceptors (Lipinski definition) is 4. The van der Waals surface area contributed by atoms with Gasteiger partial charge in [-0.1, -0.05) is 6.92 Å². The quantitative estimate of drug-likeness (QED) is 0.698. The predicted molar refractivity (Wildman–Crippen MR) is 67.4 cm³/mol. The summed E-state index contributed by atoms with van der Waals surface area (Å²) in [5.41, 5.74) is 1.85. The smallest absolute Gasteiger partial charge is 0.326 e. The van der Waals surface area contributed by atoms with E-state index in [1.807, 2.05) is 0 Å². The van der Waals surface area contributed by atoms with Crippen molar-refractivity contribution in [3.05, 3.63) is 17.7 Å². The van der Waals surface area contributed by atoms with E-state index in [0.717, 1.165) is 11.4 Å². The Morgan fingerprint density at radius 1 is 1.63 bits per heavy atom. The standard InChI is InChI=1S/C12H18N4O3/c1-3-10(12(18)19)16(2)11(17)8-4-7-9(5-13-8)15-6-14-7/h6,8,10,13H,3-5H2,1-2H3,(H,14,15)(H,18,19). The number of aromatic nitrogens is 2. The van der Waals surface area contributed by atoms with Gasteiger partial charge in [0.1, 0.15) is 6.04 Å². The van der Waals surface area contributed by atoms with E-state index in [-0.39, 0.29) is 5.91 Å². The van der Waals surface area contributed by atoms with Crippen LogP contribution in [0.4, 0.5) is 0 Å². The number of likely N-dealkylation sites (N-methyl/N-ethyl adjacent to an activating group) is 1. The number of imidazole rings is 1. The molecule has 7 nitrogen and oxygen atoms in total. The number of rotatable bonds is 4. The Labute approximate surface area is 111 Å². The van der Waals surface area contributed by atoms with Crippen LogP contribution >= 0.6 is 0 Å². The summed E-state index contributed by atoms with van der Waals surface area (Å²) >= 11 is 0. The topological polar surface area (TPSA) is 98.3 Å². The van der Waals surface area contributed by atoms with Gasteiger partial charge in [-0.2, -0.15) is 0 Å². The number of nitrogens with zero attached hydrogens (tertiary/aromatic N) is 2. The fraction of sp³-hybridized carbons (Fsp3) is 0.583. The number of carboxylic acids is 1. The molecular formula is C12H18N4O3. The maximum atomic E-state index is 12.3. The number of aromatic amines is 1. The molecule has 1 aliphatic heterocycles. The molecule has 0 aliphatic carbocycles. The molecule has 2 atom stereocenters. The molecule has 2 rings (SSSR count). The average molecular weight is 266 g/mol. The van der Waals surface area contributed by atoms with E-state index >= 15 is 0 Å². The summed E-state index contributed by atoms with van der Waals surface area (Å²) in [6, 6.07) is -1.19. The first-order valence-electron chi connectivity index (χ1n) is 6.28. The van der Waals surface area contributed by atoms with Gasteiger partial charge in [-0.3, -0.25) is 10.1 Å². The summed E-state index contributed by atoms with van der Waals surface area (Å²) in [5, 5.41) is 12.2. The number of fused-ring (bicyclic) bond motifs is 1. The molecule has 2 unspecified atom stereocenters. The highest BCUT2D eigenvalue weighted by Crippen LogP contribution is 2.15. The second-order valence-electron chi connectivity index (χ2n) is 4.68. The van der Waals surface area contributed by atoms with Crippen molar-refractivity contribution >= 4 is 11.9 Å². The lowest BCUT2D eigenvalue weighted by molar-refractivity contribution is -0.150. The van der Waals surface area contributed by atoms with E-state index in [2.05, 4.69) is 15.3 Å². The van der Waals surface area contributed by atoms with E-state index in [9.17, 15) is 9.59 Å². The number of H-pyrrole nitrogens is 1. The minimum absolute atomic E-state index is 0.206. The number of carbonyl (C=O) groups excluding carboxylic acids is 1. The SMILES string of the molecule is CCC(C(=O)O)N(C)C(=O)C1Cc2nc[nH]c2CN1. The summed E-state index contributed by atoms with van der Waals surface area (Å²) in [6.07, 6.45) is 2.48. The first-order valence-corrected chi connectivity index (χ1v) is 6.28. The molecule has 104 valence electrons. The van der Waals surface area contributed by atoms with Crippen molar-refractivity contribution in [1.82, 2.24) is 20.2 Å². The van der Waals surface area contributed by atoms with Gasteiger partial charge in [0.2, 0.25) is 5.91 Å². The van der Waals surface area contributed by atoms with Crippen molar-refractivity contribution in [2.75, 3.05) is 7.05 Å². The van der Waals surface area contributed by atoms with Crippen molar-refractivity contribution in [2.45, 2.75) is 38.4 Å². The van der Waals surface area contributed by atoms with Crippen LogP contribution in [0.25, 0.3) is 0 Å². The van der Waals surface area contributed by atoms with Crippen LogP contribution in [0, 0.1) is 0 Å². The molecule has 1 aliphatic rings. The van der Waals surface area contributed by atoms with Gasteiger partial charge in [-0.25, -0.2) is 9.78 Å². The molecule has 1 amide bonds. The minimum atomic E-state index is -0.977. The number of carboxylic acid groups (broad SMARTS) is 1. The van der Waals surface area contributed by atoms with E-state index in [4.69, 9.17) is 5.11 Å². The minimum Gasteiger partial charge on any atom is -0.480 e. The number of hydrogen-bond donors (Lipinski definition) is 3. The van der Waals surface area contributed by atoms with Crippen LogP contribution < -0.4 is 5.32 Å². The molecule has 1 aromatic rings. The van der Waals surface area contributed by atoms with E-state index in [0.29, 0.717) is 19.4 Å². The Hall–Kier alpha value is -1.89. The Morgan fingerprint density at radius 3 is 3.00 bits per heavy atom. The highest BCUT2D eigenvalue weighted by atomic mass is 16.4. The molecule has 7 heteroatoms.